The fraction of sp³-hybridized carbons (Fsp3) is 0.217. The number of primary sulfonamides is 1. The molecule has 0 radical (unpaired) electrons. The van der Waals surface area contributed by atoms with Crippen LogP contribution in [0.25, 0.3) is 22.3 Å². The van der Waals surface area contributed by atoms with Crippen LogP contribution in [0.1, 0.15) is 0 Å². The van der Waals surface area contributed by atoms with Gasteiger partial charge in [0.2, 0.25) is 10.0 Å². The molecule has 0 amide bonds. The van der Waals surface area contributed by atoms with Crippen LogP contribution in [-0.4, -0.2) is 43.7 Å². The minimum absolute atomic E-state index is 0.0500. The van der Waals surface area contributed by atoms with E-state index < -0.39 is 44.4 Å². The summed E-state index contributed by atoms with van der Waals surface area (Å²) in [5.41, 5.74) is -0.182. The highest BCUT2D eigenvalue weighted by Crippen LogP contribution is 2.45. The van der Waals surface area contributed by atoms with E-state index in [1.165, 1.54) is 19.2 Å². The lowest BCUT2D eigenvalue weighted by molar-refractivity contribution is 0.412. The Morgan fingerprint density at radius 3 is 1.50 bits per heavy atom. The molecule has 0 atom stereocenters. The highest BCUT2D eigenvalue weighted by molar-refractivity contribution is 7.89. The zero-order valence-corrected chi connectivity index (χ0v) is 19.9. The molecule has 2 N–H and O–H groups in total. The molecule has 3 aromatic rings. The molecule has 0 aliphatic carbocycles. The maximum Gasteiger partial charge on any atom is 0.238 e. The van der Waals surface area contributed by atoms with Gasteiger partial charge in [0, 0.05) is 39.3 Å². The number of sulfonamides is 1. The first-order valence-electron chi connectivity index (χ1n) is 9.85. The van der Waals surface area contributed by atoms with Crippen molar-refractivity contribution < 1.29 is 30.7 Å². The molecular formula is C23H23F4N3O3S. The Bertz CT molecular complexity index is 1330. The van der Waals surface area contributed by atoms with E-state index in [-0.39, 0.29) is 16.0 Å². The van der Waals surface area contributed by atoms with Crippen molar-refractivity contribution in [2.45, 2.75) is 4.90 Å². The molecular weight excluding hydrogens is 474 g/mol. The third-order valence-corrected chi connectivity index (χ3v) is 6.17. The quantitative estimate of drug-likeness (QED) is 0.311. The zero-order chi connectivity index (χ0) is 25.5. The molecule has 0 aromatic heterocycles. The van der Waals surface area contributed by atoms with Gasteiger partial charge >= 0.3 is 0 Å². The molecule has 6 nitrogen and oxygen atoms in total. The van der Waals surface area contributed by atoms with Crippen LogP contribution < -0.4 is 19.7 Å². The predicted octanol–water partition coefficient (Wildman–Crippen LogP) is 4.37. The lowest BCUT2D eigenvalue weighted by atomic mass is 9.92. The van der Waals surface area contributed by atoms with Crippen LogP contribution in [-0.2, 0) is 10.0 Å². The normalized spacial score (nSPS) is 11.5. The maximum atomic E-state index is 15.2. The topological polar surface area (TPSA) is 75.9 Å². The Morgan fingerprint density at radius 2 is 1.15 bits per heavy atom. The Hall–Kier alpha value is -3.31. The van der Waals surface area contributed by atoms with E-state index in [1.807, 2.05) is 0 Å². The van der Waals surface area contributed by atoms with Crippen molar-refractivity contribution in [3.05, 3.63) is 59.7 Å². The van der Waals surface area contributed by atoms with Gasteiger partial charge < -0.3 is 14.5 Å². The van der Waals surface area contributed by atoms with Gasteiger partial charge in [0.05, 0.1) is 23.4 Å². The van der Waals surface area contributed by atoms with Gasteiger partial charge in [-0.2, -0.15) is 0 Å². The fourth-order valence-corrected chi connectivity index (χ4v) is 4.12. The van der Waals surface area contributed by atoms with Crippen molar-refractivity contribution in [1.29, 1.82) is 0 Å². The van der Waals surface area contributed by atoms with Gasteiger partial charge in [-0.05, 0) is 35.4 Å². The average molecular weight is 498 g/mol. The largest absolute Gasteiger partial charge is 0.492 e. The molecule has 0 aliphatic rings. The molecule has 0 spiro atoms. The van der Waals surface area contributed by atoms with E-state index in [0.29, 0.717) is 17.1 Å². The number of hydrogen-bond donors (Lipinski definition) is 1. The van der Waals surface area contributed by atoms with Gasteiger partial charge in [0.25, 0.3) is 0 Å². The molecule has 0 unspecified atom stereocenters. The summed E-state index contributed by atoms with van der Waals surface area (Å²) in [6, 6.07) is 7.34. The standard InChI is InChI=1S/C23H23F4N3O3S/c1-29(2)15-10-13(11-16(30(3)4)23(15)33-5)18-17(19(24)21(26)22(27)20(18)25)12-6-8-14(9-7-12)34(28,31)32/h6-11H,1-5H3,(H2,28,31,32). The molecule has 3 rings (SSSR count). The van der Waals surface area contributed by atoms with E-state index in [2.05, 4.69) is 0 Å². The number of nitrogens with two attached hydrogens (primary N) is 1. The molecule has 182 valence electrons. The second kappa shape index (κ2) is 9.15. The Morgan fingerprint density at radius 1 is 0.735 bits per heavy atom. The summed E-state index contributed by atoms with van der Waals surface area (Å²) in [6.45, 7) is 0. The van der Waals surface area contributed by atoms with Gasteiger partial charge in [-0.25, -0.2) is 31.1 Å². The summed E-state index contributed by atoms with van der Waals surface area (Å²) < 4.78 is 87.6. The lowest BCUT2D eigenvalue weighted by Gasteiger charge is -2.25. The summed E-state index contributed by atoms with van der Waals surface area (Å²) in [7, 11) is 4.21. The summed E-state index contributed by atoms with van der Waals surface area (Å²) in [6.07, 6.45) is 0. The average Bonchev–Trinajstić information content (AvgIpc) is 2.78. The Balaban J connectivity index is 2.44. The first kappa shape index (κ1) is 25.3. The first-order valence-corrected chi connectivity index (χ1v) is 11.4. The van der Waals surface area contributed by atoms with E-state index in [4.69, 9.17) is 9.88 Å². The van der Waals surface area contributed by atoms with Crippen molar-refractivity contribution in [1.82, 2.24) is 0 Å². The minimum Gasteiger partial charge on any atom is -0.492 e. The van der Waals surface area contributed by atoms with E-state index >= 15 is 8.78 Å². The summed E-state index contributed by atoms with van der Waals surface area (Å²) in [4.78, 5) is 3.06. The first-order chi connectivity index (χ1) is 15.8. The number of rotatable bonds is 6. The third-order valence-electron chi connectivity index (χ3n) is 5.24. The summed E-state index contributed by atoms with van der Waals surface area (Å²) in [5, 5.41) is 5.09. The van der Waals surface area contributed by atoms with Crippen LogP contribution >= 0.6 is 0 Å². The predicted molar refractivity (Wildman–Crippen MR) is 124 cm³/mol. The van der Waals surface area contributed by atoms with Gasteiger partial charge in [0.1, 0.15) is 0 Å². The van der Waals surface area contributed by atoms with Gasteiger partial charge in [0.15, 0.2) is 29.0 Å². The smallest absolute Gasteiger partial charge is 0.238 e. The lowest BCUT2D eigenvalue weighted by Crippen LogP contribution is -2.15. The molecule has 0 bridgehead atoms. The van der Waals surface area contributed by atoms with Crippen molar-refractivity contribution >= 4 is 21.4 Å². The van der Waals surface area contributed by atoms with E-state index in [0.717, 1.165) is 24.3 Å². The Labute approximate surface area is 195 Å². The second-order valence-electron chi connectivity index (χ2n) is 7.91. The molecule has 34 heavy (non-hydrogen) atoms. The van der Waals surface area contributed by atoms with E-state index in [9.17, 15) is 17.2 Å². The number of methoxy groups -OCH3 is 1. The molecule has 0 fully saturated rings. The van der Waals surface area contributed by atoms with Gasteiger partial charge in [-0.1, -0.05) is 12.1 Å². The number of ether oxygens (including phenoxy) is 1. The van der Waals surface area contributed by atoms with Crippen LogP contribution in [0.4, 0.5) is 28.9 Å². The van der Waals surface area contributed by atoms with Crippen LogP contribution in [0.5, 0.6) is 5.75 Å². The molecule has 0 saturated heterocycles. The van der Waals surface area contributed by atoms with Crippen LogP contribution in [0.3, 0.4) is 0 Å². The highest BCUT2D eigenvalue weighted by Gasteiger charge is 2.29. The van der Waals surface area contributed by atoms with Crippen molar-refractivity contribution in [2.75, 3.05) is 45.1 Å². The number of halogens is 4. The van der Waals surface area contributed by atoms with Gasteiger partial charge in [-0.3, -0.25) is 0 Å². The maximum absolute atomic E-state index is 15.2. The number of hydrogen-bond acceptors (Lipinski definition) is 5. The van der Waals surface area contributed by atoms with Crippen molar-refractivity contribution in [3.63, 3.8) is 0 Å². The Kier molecular flexibility index (Phi) is 6.81. The van der Waals surface area contributed by atoms with Gasteiger partial charge in [-0.15, -0.1) is 0 Å². The monoisotopic (exact) mass is 497 g/mol. The highest BCUT2D eigenvalue weighted by atomic mass is 32.2. The molecule has 0 saturated carbocycles. The fourth-order valence-electron chi connectivity index (χ4n) is 3.60. The molecule has 0 aliphatic heterocycles. The number of nitrogens with zero attached hydrogens (tertiary/aromatic N) is 2. The summed E-state index contributed by atoms with van der Waals surface area (Å²) in [5.74, 6) is -6.73. The minimum atomic E-state index is -4.06. The molecule has 0 heterocycles. The SMILES string of the molecule is COc1c(N(C)C)cc(-c2c(F)c(F)c(F)c(F)c2-c2ccc(S(N)(=O)=O)cc2)cc1N(C)C. The third kappa shape index (κ3) is 4.40. The van der Waals surface area contributed by atoms with Crippen molar-refractivity contribution in [3.8, 4) is 28.0 Å². The molecule has 11 heteroatoms. The van der Waals surface area contributed by atoms with Crippen LogP contribution in [0.2, 0.25) is 0 Å². The molecule has 3 aromatic carbocycles. The summed E-state index contributed by atoms with van der Waals surface area (Å²) >= 11 is 0. The second-order valence-corrected chi connectivity index (χ2v) is 9.47. The zero-order valence-electron chi connectivity index (χ0n) is 19.1. The van der Waals surface area contributed by atoms with Crippen molar-refractivity contribution in [2.24, 2.45) is 5.14 Å². The number of benzene rings is 3. The number of anilines is 2. The van der Waals surface area contributed by atoms with Crippen LogP contribution in [0.15, 0.2) is 41.3 Å². The van der Waals surface area contributed by atoms with E-state index in [1.54, 1.807) is 38.0 Å². The van der Waals surface area contributed by atoms with Crippen LogP contribution in [0, 0.1) is 23.3 Å².